The fraction of sp³-hybridized carbons (Fsp3) is 0.333. The fourth-order valence-electron chi connectivity index (χ4n) is 2.84. The van der Waals surface area contributed by atoms with Gasteiger partial charge in [0.15, 0.2) is 0 Å². The van der Waals surface area contributed by atoms with Gasteiger partial charge in [-0.3, -0.25) is 9.59 Å². The summed E-state index contributed by atoms with van der Waals surface area (Å²) in [6, 6.07) is 16.6. The Morgan fingerprint density at radius 3 is 2.26 bits per heavy atom. The second-order valence-electron chi connectivity index (χ2n) is 5.98. The first-order valence-corrected chi connectivity index (χ1v) is 8.98. The average molecular weight is 370 g/mol. The number of nitrogens with one attached hydrogen (secondary N) is 2. The van der Waals surface area contributed by atoms with Crippen LogP contribution in [0.1, 0.15) is 25.8 Å². The number of ether oxygens (including phenoxy) is 2. The highest BCUT2D eigenvalue weighted by molar-refractivity contribution is 6.39. The number of anilines is 1. The molecular formula is C21H26N2O4. The molecule has 0 aliphatic rings. The van der Waals surface area contributed by atoms with E-state index in [2.05, 4.69) is 10.6 Å². The van der Waals surface area contributed by atoms with E-state index in [4.69, 9.17) is 9.47 Å². The zero-order valence-corrected chi connectivity index (χ0v) is 16.0. The highest BCUT2D eigenvalue weighted by atomic mass is 16.5. The van der Waals surface area contributed by atoms with Crippen LogP contribution in [0, 0.1) is 0 Å². The zero-order valence-electron chi connectivity index (χ0n) is 16.0. The van der Waals surface area contributed by atoms with E-state index >= 15 is 0 Å². The maximum atomic E-state index is 12.3. The molecule has 0 aliphatic heterocycles. The number of hydrogen-bond acceptors (Lipinski definition) is 4. The van der Waals surface area contributed by atoms with Gasteiger partial charge in [0.2, 0.25) is 0 Å². The molecule has 0 radical (unpaired) electrons. The lowest BCUT2D eigenvalue weighted by molar-refractivity contribution is -0.137. The van der Waals surface area contributed by atoms with Gasteiger partial charge in [-0.1, -0.05) is 49.4 Å². The van der Waals surface area contributed by atoms with Crippen molar-refractivity contribution in [3.8, 4) is 5.75 Å². The van der Waals surface area contributed by atoms with Crippen molar-refractivity contribution in [3.63, 3.8) is 0 Å². The maximum Gasteiger partial charge on any atom is 0.313 e. The standard InChI is InChI=1S/C21H26N2O4/c1-4-21(26-3,16-11-7-6-8-12-16)15-22-19(24)20(25)23-17-13-9-10-14-18(17)27-5-2/h6-14H,4-5,15H2,1-3H3,(H,22,24)(H,23,25). The van der Waals surface area contributed by atoms with Gasteiger partial charge in [0.25, 0.3) is 0 Å². The Kier molecular flexibility index (Phi) is 7.37. The maximum absolute atomic E-state index is 12.3. The van der Waals surface area contributed by atoms with Crippen molar-refractivity contribution in [2.24, 2.45) is 0 Å². The highest BCUT2D eigenvalue weighted by Gasteiger charge is 2.31. The van der Waals surface area contributed by atoms with Gasteiger partial charge in [-0.25, -0.2) is 0 Å². The monoisotopic (exact) mass is 370 g/mol. The van der Waals surface area contributed by atoms with Crippen LogP contribution >= 0.6 is 0 Å². The predicted octanol–water partition coefficient (Wildman–Crippen LogP) is 3.09. The molecule has 0 saturated carbocycles. The summed E-state index contributed by atoms with van der Waals surface area (Å²) >= 11 is 0. The van der Waals surface area contributed by atoms with Crippen molar-refractivity contribution in [1.82, 2.24) is 5.32 Å². The van der Waals surface area contributed by atoms with Crippen LogP contribution in [0.5, 0.6) is 5.75 Å². The molecule has 0 heterocycles. The lowest BCUT2D eigenvalue weighted by Crippen LogP contribution is -2.45. The Morgan fingerprint density at radius 2 is 1.63 bits per heavy atom. The minimum absolute atomic E-state index is 0.184. The molecule has 1 unspecified atom stereocenters. The number of carbonyl (C=O) groups is 2. The van der Waals surface area contributed by atoms with Crippen LogP contribution in [0.15, 0.2) is 54.6 Å². The third-order valence-electron chi connectivity index (χ3n) is 4.44. The summed E-state index contributed by atoms with van der Waals surface area (Å²) in [7, 11) is 1.60. The topological polar surface area (TPSA) is 76.7 Å². The van der Waals surface area contributed by atoms with Gasteiger partial charge < -0.3 is 20.1 Å². The lowest BCUT2D eigenvalue weighted by Gasteiger charge is -2.32. The molecule has 2 aromatic rings. The van der Waals surface area contributed by atoms with E-state index in [0.717, 1.165) is 5.56 Å². The normalized spacial score (nSPS) is 12.7. The summed E-state index contributed by atoms with van der Waals surface area (Å²) in [5, 5.41) is 5.27. The van der Waals surface area contributed by atoms with Gasteiger partial charge in [-0.05, 0) is 31.0 Å². The van der Waals surface area contributed by atoms with Gasteiger partial charge in [0.1, 0.15) is 11.4 Å². The molecule has 144 valence electrons. The summed E-state index contributed by atoms with van der Waals surface area (Å²) in [4.78, 5) is 24.6. The average Bonchev–Trinajstić information content (AvgIpc) is 2.71. The molecule has 0 aliphatic carbocycles. The molecule has 0 bridgehead atoms. The molecule has 2 amide bonds. The number of hydrogen-bond donors (Lipinski definition) is 2. The summed E-state index contributed by atoms with van der Waals surface area (Å²) in [5.41, 5.74) is 0.703. The van der Waals surface area contributed by atoms with Crippen LogP contribution < -0.4 is 15.4 Å². The largest absolute Gasteiger partial charge is 0.492 e. The number of rotatable bonds is 8. The molecule has 0 spiro atoms. The van der Waals surface area contributed by atoms with Gasteiger partial charge in [-0.15, -0.1) is 0 Å². The van der Waals surface area contributed by atoms with E-state index in [1.165, 1.54) is 0 Å². The fourth-order valence-corrected chi connectivity index (χ4v) is 2.84. The molecule has 0 aromatic heterocycles. The van der Waals surface area contributed by atoms with E-state index in [1.807, 2.05) is 44.2 Å². The van der Waals surface area contributed by atoms with Crippen LogP contribution in [0.3, 0.4) is 0 Å². The van der Waals surface area contributed by atoms with Crippen LogP contribution in [-0.4, -0.2) is 32.1 Å². The van der Waals surface area contributed by atoms with Crippen molar-refractivity contribution in [3.05, 3.63) is 60.2 Å². The predicted molar refractivity (Wildman–Crippen MR) is 105 cm³/mol. The molecule has 2 rings (SSSR count). The van der Waals surface area contributed by atoms with Crippen molar-refractivity contribution in [2.45, 2.75) is 25.9 Å². The zero-order chi connectivity index (χ0) is 19.7. The minimum Gasteiger partial charge on any atom is -0.492 e. The van der Waals surface area contributed by atoms with E-state index in [1.54, 1.807) is 31.4 Å². The number of carbonyl (C=O) groups excluding carboxylic acids is 2. The van der Waals surface area contributed by atoms with E-state index in [-0.39, 0.29) is 6.54 Å². The van der Waals surface area contributed by atoms with E-state index < -0.39 is 17.4 Å². The van der Waals surface area contributed by atoms with Crippen molar-refractivity contribution >= 4 is 17.5 Å². The van der Waals surface area contributed by atoms with Crippen molar-refractivity contribution in [1.29, 1.82) is 0 Å². The smallest absolute Gasteiger partial charge is 0.313 e. The number of amides is 2. The molecule has 0 fully saturated rings. The first-order valence-electron chi connectivity index (χ1n) is 8.98. The molecule has 6 nitrogen and oxygen atoms in total. The van der Waals surface area contributed by atoms with Gasteiger partial charge in [0, 0.05) is 7.11 Å². The Morgan fingerprint density at radius 1 is 0.963 bits per heavy atom. The molecule has 2 N–H and O–H groups in total. The van der Waals surface area contributed by atoms with Gasteiger partial charge in [-0.2, -0.15) is 0 Å². The number of para-hydroxylation sites is 2. The van der Waals surface area contributed by atoms with Crippen LogP contribution in [0.2, 0.25) is 0 Å². The Hall–Kier alpha value is -2.86. The van der Waals surface area contributed by atoms with Gasteiger partial charge in [0.05, 0.1) is 18.8 Å². The Bertz CT molecular complexity index is 758. The number of methoxy groups -OCH3 is 1. The second kappa shape index (κ2) is 9.73. The van der Waals surface area contributed by atoms with Gasteiger partial charge >= 0.3 is 11.8 Å². The molecule has 0 saturated heterocycles. The third kappa shape index (κ3) is 5.08. The number of benzene rings is 2. The summed E-state index contributed by atoms with van der Waals surface area (Å²) in [6.45, 7) is 4.47. The van der Waals surface area contributed by atoms with Crippen molar-refractivity contribution in [2.75, 3.05) is 25.6 Å². The Labute approximate surface area is 159 Å². The summed E-state index contributed by atoms with van der Waals surface area (Å²) in [6.07, 6.45) is 0.641. The molecule has 6 heteroatoms. The molecule has 27 heavy (non-hydrogen) atoms. The van der Waals surface area contributed by atoms with Crippen LogP contribution in [-0.2, 0) is 19.9 Å². The van der Waals surface area contributed by atoms with Crippen molar-refractivity contribution < 1.29 is 19.1 Å². The highest BCUT2D eigenvalue weighted by Crippen LogP contribution is 2.28. The summed E-state index contributed by atoms with van der Waals surface area (Å²) in [5.74, 6) is -0.964. The SMILES string of the molecule is CCOc1ccccc1NC(=O)C(=O)NCC(CC)(OC)c1ccccc1. The van der Waals surface area contributed by atoms with Crippen LogP contribution in [0.25, 0.3) is 0 Å². The lowest BCUT2D eigenvalue weighted by atomic mass is 9.90. The molecular weight excluding hydrogens is 344 g/mol. The third-order valence-corrected chi connectivity index (χ3v) is 4.44. The second-order valence-corrected chi connectivity index (χ2v) is 5.98. The van der Waals surface area contributed by atoms with E-state index in [0.29, 0.717) is 24.5 Å². The first kappa shape index (κ1) is 20.5. The molecule has 2 aromatic carbocycles. The first-order chi connectivity index (χ1) is 13.1. The summed E-state index contributed by atoms with van der Waals surface area (Å²) < 4.78 is 11.2. The minimum atomic E-state index is -0.753. The van der Waals surface area contributed by atoms with E-state index in [9.17, 15) is 9.59 Å². The quantitative estimate of drug-likeness (QED) is 0.700. The molecule has 1 atom stereocenters. The van der Waals surface area contributed by atoms with Crippen LogP contribution in [0.4, 0.5) is 5.69 Å². The Balaban J connectivity index is 2.05.